The zero-order valence-corrected chi connectivity index (χ0v) is 28.3. The fourth-order valence-corrected chi connectivity index (χ4v) is 6.59. The molecule has 4 aromatic carbocycles. The van der Waals surface area contributed by atoms with E-state index in [0.29, 0.717) is 10.6 Å². The number of carbonyl (C=O) groups excluding carboxylic acids is 2. The Morgan fingerprint density at radius 1 is 0.848 bits per heavy atom. The molecule has 0 spiro atoms. The van der Waals surface area contributed by atoms with E-state index >= 15 is 4.39 Å². The molecule has 242 valence electrons. The van der Waals surface area contributed by atoms with Crippen molar-refractivity contribution in [3.8, 4) is 0 Å². The molecule has 1 N–H and O–H groups in total. The molecule has 0 heterocycles. The van der Waals surface area contributed by atoms with Gasteiger partial charge in [-0.15, -0.1) is 0 Å². The number of nitrogens with zero attached hydrogens (tertiary/aromatic N) is 2. The molecule has 1 unspecified atom stereocenters. The van der Waals surface area contributed by atoms with E-state index in [9.17, 15) is 18.0 Å². The van der Waals surface area contributed by atoms with Crippen molar-refractivity contribution >= 4 is 50.7 Å². The van der Waals surface area contributed by atoms with Crippen molar-refractivity contribution in [2.75, 3.05) is 10.8 Å². The Labute approximate surface area is 280 Å². The highest BCUT2D eigenvalue weighted by molar-refractivity contribution is 7.92. The summed E-state index contributed by atoms with van der Waals surface area (Å²) in [5, 5.41) is 3.52. The largest absolute Gasteiger partial charge is 0.350 e. The maximum absolute atomic E-state index is 15.3. The Morgan fingerprint density at radius 2 is 1.48 bits per heavy atom. The summed E-state index contributed by atoms with van der Waals surface area (Å²) >= 11 is 12.5. The Bertz CT molecular complexity index is 1800. The van der Waals surface area contributed by atoms with Crippen LogP contribution in [0.1, 0.15) is 37.5 Å². The summed E-state index contributed by atoms with van der Waals surface area (Å²) in [5.41, 5.74) is 1.22. The third kappa shape index (κ3) is 8.87. The van der Waals surface area contributed by atoms with Crippen molar-refractivity contribution < 1.29 is 22.4 Å². The van der Waals surface area contributed by atoms with Crippen molar-refractivity contribution in [1.29, 1.82) is 0 Å². The van der Waals surface area contributed by atoms with Crippen molar-refractivity contribution in [2.24, 2.45) is 0 Å². The number of para-hydroxylation sites is 1. The van der Waals surface area contributed by atoms with Crippen LogP contribution in [0.5, 0.6) is 0 Å². The van der Waals surface area contributed by atoms with E-state index in [1.807, 2.05) is 58.0 Å². The molecule has 0 aliphatic carbocycles. The Hall–Kier alpha value is -3.92. The number of hydrogen-bond acceptors (Lipinski definition) is 4. The topological polar surface area (TPSA) is 86.8 Å². The summed E-state index contributed by atoms with van der Waals surface area (Å²) in [4.78, 5) is 29.6. The Balaban J connectivity index is 1.84. The fraction of sp³-hybridized carbons (Fsp3) is 0.257. The second-order valence-electron chi connectivity index (χ2n) is 12.0. The molecule has 2 amide bonds. The van der Waals surface area contributed by atoms with Crippen LogP contribution < -0.4 is 9.62 Å². The molecule has 46 heavy (non-hydrogen) atoms. The van der Waals surface area contributed by atoms with Gasteiger partial charge >= 0.3 is 0 Å². The number of amides is 2. The first-order valence-electron chi connectivity index (χ1n) is 14.6. The molecule has 4 aromatic rings. The molecule has 0 aliphatic rings. The summed E-state index contributed by atoms with van der Waals surface area (Å²) in [6, 6.07) is 24.3. The normalized spacial score (nSPS) is 12.3. The van der Waals surface area contributed by atoms with Gasteiger partial charge in [-0.1, -0.05) is 89.4 Å². The van der Waals surface area contributed by atoms with Gasteiger partial charge in [-0.3, -0.25) is 13.9 Å². The van der Waals surface area contributed by atoms with E-state index in [0.717, 1.165) is 21.5 Å². The van der Waals surface area contributed by atoms with Gasteiger partial charge in [-0.05, 0) is 75.2 Å². The molecule has 0 radical (unpaired) electrons. The Morgan fingerprint density at radius 3 is 2.09 bits per heavy atom. The number of nitrogens with one attached hydrogen (secondary N) is 1. The van der Waals surface area contributed by atoms with E-state index in [-0.39, 0.29) is 28.6 Å². The molecule has 0 aromatic heterocycles. The highest BCUT2D eigenvalue weighted by Crippen LogP contribution is 2.28. The average Bonchev–Trinajstić information content (AvgIpc) is 2.99. The maximum Gasteiger partial charge on any atom is 0.264 e. The number of benzene rings is 4. The standard InChI is InChI=1S/C35H36Cl2FN3O4S/c1-24-14-17-27(18-15-24)46(44,45)41(31-13-9-8-12-30(31)38)23-33(42)40(22-26-16-19-28(36)29(37)20-26)32(34(43)39-35(2,3)4)21-25-10-6-5-7-11-25/h5-20,32H,21-23H2,1-4H3,(H,39,43). The number of aryl methyl sites for hydroxylation is 1. The molecule has 7 nitrogen and oxygen atoms in total. The molecule has 0 saturated heterocycles. The highest BCUT2D eigenvalue weighted by Gasteiger charge is 2.36. The molecule has 1 atom stereocenters. The van der Waals surface area contributed by atoms with Crippen LogP contribution in [0.15, 0.2) is 102 Å². The predicted octanol–water partition coefficient (Wildman–Crippen LogP) is 7.19. The minimum absolute atomic E-state index is 0.111. The van der Waals surface area contributed by atoms with E-state index in [1.165, 1.54) is 35.2 Å². The van der Waals surface area contributed by atoms with Crippen LogP contribution in [0.4, 0.5) is 10.1 Å². The first kappa shape index (κ1) is 34.9. The van der Waals surface area contributed by atoms with Gasteiger partial charge in [0.05, 0.1) is 20.6 Å². The van der Waals surface area contributed by atoms with Gasteiger partial charge in [-0.25, -0.2) is 12.8 Å². The second kappa shape index (κ2) is 14.7. The summed E-state index contributed by atoms with van der Waals surface area (Å²) < 4.78 is 44.1. The minimum Gasteiger partial charge on any atom is -0.350 e. The molecule has 4 rings (SSSR count). The van der Waals surface area contributed by atoms with Gasteiger partial charge in [0.15, 0.2) is 0 Å². The van der Waals surface area contributed by atoms with Crippen LogP contribution in [0.3, 0.4) is 0 Å². The summed E-state index contributed by atoms with van der Waals surface area (Å²) in [6.45, 7) is 6.38. The first-order chi connectivity index (χ1) is 21.7. The summed E-state index contributed by atoms with van der Waals surface area (Å²) in [7, 11) is -4.43. The van der Waals surface area contributed by atoms with Gasteiger partial charge in [-0.2, -0.15) is 0 Å². The van der Waals surface area contributed by atoms with E-state index in [4.69, 9.17) is 23.2 Å². The minimum atomic E-state index is -4.43. The van der Waals surface area contributed by atoms with Gasteiger partial charge in [0.2, 0.25) is 11.8 Å². The third-order valence-corrected chi connectivity index (χ3v) is 9.63. The summed E-state index contributed by atoms with van der Waals surface area (Å²) in [5.74, 6) is -1.99. The highest BCUT2D eigenvalue weighted by atomic mass is 35.5. The molecule has 11 heteroatoms. The average molecular weight is 685 g/mol. The lowest BCUT2D eigenvalue weighted by Crippen LogP contribution is -2.56. The fourth-order valence-electron chi connectivity index (χ4n) is 4.85. The zero-order chi connectivity index (χ0) is 33.6. The van der Waals surface area contributed by atoms with Crippen LogP contribution in [0.25, 0.3) is 0 Å². The number of rotatable bonds is 11. The van der Waals surface area contributed by atoms with Gasteiger partial charge in [0.25, 0.3) is 10.0 Å². The van der Waals surface area contributed by atoms with Crippen molar-refractivity contribution in [2.45, 2.75) is 57.1 Å². The lowest BCUT2D eigenvalue weighted by molar-refractivity contribution is -0.140. The lowest BCUT2D eigenvalue weighted by Gasteiger charge is -2.35. The smallest absolute Gasteiger partial charge is 0.264 e. The number of halogens is 3. The Kier molecular flexibility index (Phi) is 11.1. The van der Waals surface area contributed by atoms with Crippen LogP contribution in [-0.4, -0.2) is 43.3 Å². The number of hydrogen-bond donors (Lipinski definition) is 1. The van der Waals surface area contributed by atoms with E-state index in [1.54, 1.807) is 30.3 Å². The van der Waals surface area contributed by atoms with Crippen molar-refractivity contribution in [3.63, 3.8) is 0 Å². The SMILES string of the molecule is Cc1ccc(S(=O)(=O)N(CC(=O)N(Cc2ccc(Cl)c(Cl)c2)C(Cc2ccccc2)C(=O)NC(C)(C)C)c2ccccc2F)cc1. The molecule has 0 bridgehead atoms. The monoisotopic (exact) mass is 683 g/mol. The van der Waals surface area contributed by atoms with Crippen LogP contribution in [0, 0.1) is 12.7 Å². The van der Waals surface area contributed by atoms with Crippen LogP contribution >= 0.6 is 23.2 Å². The predicted molar refractivity (Wildman–Crippen MR) is 181 cm³/mol. The first-order valence-corrected chi connectivity index (χ1v) is 16.8. The quantitative estimate of drug-likeness (QED) is 0.181. The number of sulfonamides is 1. The second-order valence-corrected chi connectivity index (χ2v) is 14.7. The summed E-state index contributed by atoms with van der Waals surface area (Å²) in [6.07, 6.45) is 0.125. The molecule has 0 fully saturated rings. The third-order valence-electron chi connectivity index (χ3n) is 7.12. The van der Waals surface area contributed by atoms with Crippen molar-refractivity contribution in [1.82, 2.24) is 10.2 Å². The zero-order valence-electron chi connectivity index (χ0n) is 26.0. The number of carbonyl (C=O) groups is 2. The maximum atomic E-state index is 15.3. The van der Waals surface area contributed by atoms with Gasteiger partial charge in [0.1, 0.15) is 18.4 Å². The molecule has 0 saturated carbocycles. The van der Waals surface area contributed by atoms with Gasteiger partial charge in [0, 0.05) is 18.5 Å². The van der Waals surface area contributed by atoms with Gasteiger partial charge < -0.3 is 10.2 Å². The van der Waals surface area contributed by atoms with Crippen molar-refractivity contribution in [3.05, 3.63) is 130 Å². The van der Waals surface area contributed by atoms with E-state index < -0.39 is 45.8 Å². The molecule has 0 aliphatic heterocycles. The number of anilines is 1. The molecular weight excluding hydrogens is 648 g/mol. The van der Waals surface area contributed by atoms with Crippen LogP contribution in [-0.2, 0) is 32.6 Å². The van der Waals surface area contributed by atoms with E-state index in [2.05, 4.69) is 5.32 Å². The molecular formula is C35H36Cl2FN3O4S. The lowest BCUT2D eigenvalue weighted by atomic mass is 10.0. The van der Waals surface area contributed by atoms with Crippen LogP contribution in [0.2, 0.25) is 10.0 Å².